The van der Waals surface area contributed by atoms with Crippen molar-refractivity contribution in [2.24, 2.45) is 0 Å². The molecular formula is C18H18FNO5. The van der Waals surface area contributed by atoms with E-state index in [-0.39, 0.29) is 13.2 Å². The van der Waals surface area contributed by atoms with Gasteiger partial charge in [-0.1, -0.05) is 0 Å². The number of carbonyl (C=O) groups excluding carboxylic acids is 2. The van der Waals surface area contributed by atoms with Crippen molar-refractivity contribution < 1.29 is 28.2 Å². The minimum atomic E-state index is -0.645. The van der Waals surface area contributed by atoms with E-state index in [0.29, 0.717) is 22.6 Å². The van der Waals surface area contributed by atoms with Crippen LogP contribution >= 0.6 is 0 Å². The molecule has 0 fully saturated rings. The number of esters is 1. The van der Waals surface area contributed by atoms with E-state index >= 15 is 0 Å². The number of methoxy groups -OCH3 is 2. The summed E-state index contributed by atoms with van der Waals surface area (Å²) in [6.45, 7) is -0.458. The maximum Gasteiger partial charge on any atom is 0.325 e. The van der Waals surface area contributed by atoms with Gasteiger partial charge in [-0.25, -0.2) is 4.39 Å². The van der Waals surface area contributed by atoms with Gasteiger partial charge in [-0.05, 0) is 42.5 Å². The first-order valence-electron chi connectivity index (χ1n) is 7.43. The van der Waals surface area contributed by atoms with Gasteiger partial charge in [-0.2, -0.15) is 0 Å². The summed E-state index contributed by atoms with van der Waals surface area (Å²) in [5.41, 5.74) is 0.790. The standard InChI is InChI=1S/C18H18FNO5/c1-23-15-6-3-12(4-7-15)18(22)20-10-17(21)25-11-13-9-14(19)5-8-16(13)24-2/h3-9H,10-11H2,1-2H3,(H,20,22). The average molecular weight is 347 g/mol. The number of ether oxygens (including phenoxy) is 3. The van der Waals surface area contributed by atoms with E-state index in [1.165, 1.54) is 32.4 Å². The van der Waals surface area contributed by atoms with Gasteiger partial charge in [0.1, 0.15) is 30.5 Å². The first-order valence-corrected chi connectivity index (χ1v) is 7.43. The Morgan fingerprint density at radius 3 is 2.40 bits per heavy atom. The van der Waals surface area contributed by atoms with E-state index in [9.17, 15) is 14.0 Å². The zero-order chi connectivity index (χ0) is 18.2. The summed E-state index contributed by atoms with van der Waals surface area (Å²) in [5, 5.41) is 2.45. The molecule has 0 aliphatic carbocycles. The first kappa shape index (κ1) is 18.3. The van der Waals surface area contributed by atoms with Crippen molar-refractivity contribution >= 4 is 11.9 Å². The molecule has 0 heterocycles. The molecule has 132 valence electrons. The van der Waals surface area contributed by atoms with E-state index < -0.39 is 17.7 Å². The van der Waals surface area contributed by atoms with Gasteiger partial charge in [0.05, 0.1) is 14.2 Å². The van der Waals surface area contributed by atoms with Crippen LogP contribution in [-0.2, 0) is 16.1 Å². The molecule has 0 spiro atoms. The van der Waals surface area contributed by atoms with Gasteiger partial charge in [-0.3, -0.25) is 9.59 Å². The maximum atomic E-state index is 13.2. The topological polar surface area (TPSA) is 73.9 Å². The molecule has 2 aromatic carbocycles. The highest BCUT2D eigenvalue weighted by Crippen LogP contribution is 2.20. The molecule has 0 bridgehead atoms. The third-order valence-electron chi connectivity index (χ3n) is 3.38. The zero-order valence-corrected chi connectivity index (χ0v) is 13.9. The largest absolute Gasteiger partial charge is 0.497 e. The molecule has 0 aliphatic rings. The lowest BCUT2D eigenvalue weighted by Crippen LogP contribution is -2.30. The number of carbonyl (C=O) groups is 2. The quantitative estimate of drug-likeness (QED) is 0.778. The van der Waals surface area contributed by atoms with E-state index in [4.69, 9.17) is 14.2 Å². The number of halogens is 1. The highest BCUT2D eigenvalue weighted by atomic mass is 19.1. The molecule has 25 heavy (non-hydrogen) atoms. The summed E-state index contributed by atoms with van der Waals surface area (Å²) in [7, 11) is 2.96. The fourth-order valence-electron chi connectivity index (χ4n) is 2.07. The van der Waals surface area contributed by atoms with Crippen LogP contribution in [0.2, 0.25) is 0 Å². The van der Waals surface area contributed by atoms with Crippen LogP contribution < -0.4 is 14.8 Å². The summed E-state index contributed by atoms with van der Waals surface area (Å²) in [6, 6.07) is 10.4. The minimum Gasteiger partial charge on any atom is -0.497 e. The zero-order valence-electron chi connectivity index (χ0n) is 13.9. The lowest BCUT2D eigenvalue weighted by atomic mass is 10.2. The van der Waals surface area contributed by atoms with Crippen molar-refractivity contribution in [2.75, 3.05) is 20.8 Å². The summed E-state index contributed by atoms with van der Waals surface area (Å²) in [6.07, 6.45) is 0. The monoisotopic (exact) mass is 347 g/mol. The van der Waals surface area contributed by atoms with E-state index in [1.807, 2.05) is 0 Å². The SMILES string of the molecule is COc1ccc(C(=O)NCC(=O)OCc2cc(F)ccc2OC)cc1. The van der Waals surface area contributed by atoms with Crippen molar-refractivity contribution in [3.8, 4) is 11.5 Å². The Bertz CT molecular complexity index is 746. The molecule has 6 nitrogen and oxygen atoms in total. The van der Waals surface area contributed by atoms with E-state index in [0.717, 1.165) is 0 Å². The van der Waals surface area contributed by atoms with E-state index in [2.05, 4.69) is 5.32 Å². The summed E-state index contributed by atoms with van der Waals surface area (Å²) < 4.78 is 28.3. The molecule has 0 aliphatic heterocycles. The Morgan fingerprint density at radius 1 is 1.04 bits per heavy atom. The molecule has 2 aromatic rings. The highest BCUT2D eigenvalue weighted by molar-refractivity contribution is 5.96. The molecule has 0 unspecified atom stereocenters. The molecule has 0 radical (unpaired) electrons. The maximum absolute atomic E-state index is 13.2. The molecular weight excluding hydrogens is 329 g/mol. The first-order chi connectivity index (χ1) is 12.0. The molecule has 0 saturated carbocycles. The summed E-state index contributed by atoms with van der Waals surface area (Å²) in [4.78, 5) is 23.7. The van der Waals surface area contributed by atoms with Gasteiger partial charge in [0, 0.05) is 11.1 Å². The van der Waals surface area contributed by atoms with Crippen molar-refractivity contribution in [3.05, 3.63) is 59.4 Å². The number of benzene rings is 2. The molecule has 0 aromatic heterocycles. The van der Waals surface area contributed by atoms with Crippen molar-refractivity contribution in [2.45, 2.75) is 6.61 Å². The van der Waals surface area contributed by atoms with Crippen LogP contribution in [0.5, 0.6) is 11.5 Å². The summed E-state index contributed by atoms with van der Waals surface area (Å²) >= 11 is 0. The Morgan fingerprint density at radius 2 is 1.76 bits per heavy atom. The average Bonchev–Trinajstić information content (AvgIpc) is 2.64. The van der Waals surface area contributed by atoms with Crippen LogP contribution in [0.25, 0.3) is 0 Å². The van der Waals surface area contributed by atoms with Crippen LogP contribution in [0.15, 0.2) is 42.5 Å². The number of nitrogens with one attached hydrogen (secondary N) is 1. The molecule has 7 heteroatoms. The van der Waals surface area contributed by atoms with Crippen LogP contribution in [-0.4, -0.2) is 32.6 Å². The van der Waals surface area contributed by atoms with Gasteiger partial charge < -0.3 is 19.5 Å². The Labute approximate surface area is 144 Å². The fourth-order valence-corrected chi connectivity index (χ4v) is 2.07. The fraction of sp³-hybridized carbons (Fsp3) is 0.222. The predicted molar refractivity (Wildman–Crippen MR) is 88.1 cm³/mol. The van der Waals surface area contributed by atoms with Gasteiger partial charge in [0.2, 0.25) is 0 Å². The number of hydrogen-bond donors (Lipinski definition) is 1. The second-order valence-electron chi connectivity index (χ2n) is 5.03. The molecule has 0 atom stereocenters. The van der Waals surface area contributed by atoms with Crippen molar-refractivity contribution in [1.29, 1.82) is 0 Å². The Hall–Kier alpha value is -3.09. The number of amides is 1. The normalized spacial score (nSPS) is 10.0. The third-order valence-corrected chi connectivity index (χ3v) is 3.38. The molecule has 1 amide bonds. The molecule has 1 N–H and O–H groups in total. The third kappa shape index (κ3) is 5.20. The second kappa shape index (κ2) is 8.68. The van der Waals surface area contributed by atoms with Crippen molar-refractivity contribution in [1.82, 2.24) is 5.32 Å². The van der Waals surface area contributed by atoms with Crippen LogP contribution in [0.3, 0.4) is 0 Å². The number of hydrogen-bond acceptors (Lipinski definition) is 5. The Balaban J connectivity index is 1.84. The minimum absolute atomic E-state index is 0.155. The lowest BCUT2D eigenvalue weighted by Gasteiger charge is -2.10. The highest BCUT2D eigenvalue weighted by Gasteiger charge is 2.11. The van der Waals surface area contributed by atoms with Crippen molar-refractivity contribution in [3.63, 3.8) is 0 Å². The van der Waals surface area contributed by atoms with Gasteiger partial charge in [-0.15, -0.1) is 0 Å². The smallest absolute Gasteiger partial charge is 0.325 e. The van der Waals surface area contributed by atoms with Gasteiger partial charge in [0.15, 0.2) is 0 Å². The van der Waals surface area contributed by atoms with E-state index in [1.54, 1.807) is 24.3 Å². The van der Waals surface area contributed by atoms with Gasteiger partial charge in [0.25, 0.3) is 5.91 Å². The summed E-state index contributed by atoms with van der Waals surface area (Å²) in [5.74, 6) is -0.479. The molecule has 0 saturated heterocycles. The van der Waals surface area contributed by atoms with Crippen LogP contribution in [0.4, 0.5) is 4.39 Å². The second-order valence-corrected chi connectivity index (χ2v) is 5.03. The van der Waals surface area contributed by atoms with Crippen LogP contribution in [0.1, 0.15) is 15.9 Å². The van der Waals surface area contributed by atoms with Gasteiger partial charge >= 0.3 is 5.97 Å². The lowest BCUT2D eigenvalue weighted by molar-refractivity contribution is -0.143. The molecule has 2 rings (SSSR count). The number of rotatable bonds is 7. The predicted octanol–water partition coefficient (Wildman–Crippen LogP) is 2.32. The van der Waals surface area contributed by atoms with Crippen LogP contribution in [0, 0.1) is 5.82 Å². The Kier molecular flexibility index (Phi) is 6.33.